The maximum Gasteiger partial charge on any atom is 0.410 e. The van der Waals surface area contributed by atoms with Crippen LogP contribution in [0.4, 0.5) is 4.79 Å². The highest BCUT2D eigenvalue weighted by Gasteiger charge is 2.23. The number of hydrogen-bond acceptors (Lipinski definition) is 4. The average Bonchev–Trinajstić information content (AvgIpc) is 3.12. The van der Waals surface area contributed by atoms with Crippen LogP contribution in [0.15, 0.2) is 30.3 Å². The minimum atomic E-state index is -0.375. The van der Waals surface area contributed by atoms with Crippen LogP contribution in [0.1, 0.15) is 27.3 Å². The lowest BCUT2D eigenvalue weighted by Crippen LogP contribution is -2.29. The van der Waals surface area contributed by atoms with Gasteiger partial charge in [0, 0.05) is 17.1 Å². The highest BCUT2D eigenvalue weighted by Crippen LogP contribution is 2.23. The third-order valence-electron chi connectivity index (χ3n) is 4.45. The molecule has 1 aromatic carbocycles. The van der Waals surface area contributed by atoms with Gasteiger partial charge in [0.15, 0.2) is 0 Å². The van der Waals surface area contributed by atoms with Crippen molar-refractivity contribution in [3.63, 3.8) is 0 Å². The number of carbonyl (C=O) groups is 2. The standard InChI is InChI=1S/C19H22N2O4/c1-13-6-4-5-7-17(13)21-14(2)12-16(15(21)3)18(22)24-10-8-20-9-11-25-19(20)23/h4-7,12H,8-11H2,1-3H3. The highest BCUT2D eigenvalue weighted by atomic mass is 16.6. The number of ether oxygens (including phenoxy) is 2. The molecule has 1 amide bonds. The van der Waals surface area contributed by atoms with Crippen molar-refractivity contribution in [2.24, 2.45) is 0 Å². The summed E-state index contributed by atoms with van der Waals surface area (Å²) in [5.74, 6) is -0.375. The summed E-state index contributed by atoms with van der Waals surface area (Å²) in [6.07, 6.45) is -0.353. The fourth-order valence-corrected chi connectivity index (χ4v) is 3.11. The quantitative estimate of drug-likeness (QED) is 0.784. The SMILES string of the molecule is Cc1ccccc1-n1c(C)cc(C(=O)OCCN2CCOC2=O)c1C. The molecule has 25 heavy (non-hydrogen) atoms. The molecule has 1 aliphatic heterocycles. The average molecular weight is 342 g/mol. The van der Waals surface area contributed by atoms with Gasteiger partial charge < -0.3 is 18.9 Å². The zero-order valence-electron chi connectivity index (χ0n) is 14.7. The topological polar surface area (TPSA) is 60.8 Å². The molecular formula is C19H22N2O4. The summed E-state index contributed by atoms with van der Waals surface area (Å²) in [5.41, 5.74) is 4.55. The maximum absolute atomic E-state index is 12.4. The molecule has 3 rings (SSSR count). The Hall–Kier alpha value is -2.76. The maximum atomic E-state index is 12.4. The Balaban J connectivity index is 1.72. The Morgan fingerprint density at radius 1 is 1.24 bits per heavy atom. The molecule has 0 N–H and O–H groups in total. The summed E-state index contributed by atoms with van der Waals surface area (Å²) in [5, 5.41) is 0. The molecule has 0 aliphatic carbocycles. The van der Waals surface area contributed by atoms with E-state index in [2.05, 4.69) is 4.57 Å². The van der Waals surface area contributed by atoms with Crippen LogP contribution in [-0.4, -0.2) is 47.8 Å². The molecule has 1 aliphatic rings. The van der Waals surface area contributed by atoms with Gasteiger partial charge in [-0.15, -0.1) is 0 Å². The Bertz CT molecular complexity index is 810. The molecule has 0 bridgehead atoms. The summed E-state index contributed by atoms with van der Waals surface area (Å²) >= 11 is 0. The molecule has 6 heteroatoms. The molecular weight excluding hydrogens is 320 g/mol. The predicted octanol–water partition coefficient (Wildman–Crippen LogP) is 3.01. The van der Waals surface area contributed by atoms with Crippen LogP contribution in [0.5, 0.6) is 0 Å². The van der Waals surface area contributed by atoms with E-state index in [9.17, 15) is 9.59 Å². The van der Waals surface area contributed by atoms with Gasteiger partial charge in [0.05, 0.1) is 18.7 Å². The number of aromatic nitrogens is 1. The largest absolute Gasteiger partial charge is 0.460 e. The first-order valence-corrected chi connectivity index (χ1v) is 8.33. The van der Waals surface area contributed by atoms with E-state index < -0.39 is 0 Å². The number of nitrogens with zero attached hydrogens (tertiary/aromatic N) is 2. The highest BCUT2D eigenvalue weighted by molar-refractivity contribution is 5.91. The van der Waals surface area contributed by atoms with Crippen molar-refractivity contribution in [2.45, 2.75) is 20.8 Å². The van der Waals surface area contributed by atoms with Gasteiger partial charge in [-0.2, -0.15) is 0 Å². The smallest absolute Gasteiger partial charge is 0.410 e. The third kappa shape index (κ3) is 3.38. The number of hydrogen-bond donors (Lipinski definition) is 0. The van der Waals surface area contributed by atoms with Gasteiger partial charge in [-0.3, -0.25) is 0 Å². The molecule has 0 radical (unpaired) electrons. The Morgan fingerprint density at radius 2 is 2.00 bits per heavy atom. The van der Waals surface area contributed by atoms with E-state index in [-0.39, 0.29) is 18.7 Å². The van der Waals surface area contributed by atoms with Crippen molar-refractivity contribution in [2.75, 3.05) is 26.3 Å². The lowest BCUT2D eigenvalue weighted by atomic mass is 10.2. The third-order valence-corrected chi connectivity index (χ3v) is 4.45. The summed E-state index contributed by atoms with van der Waals surface area (Å²) in [4.78, 5) is 25.3. The lowest BCUT2D eigenvalue weighted by molar-refractivity contribution is 0.0476. The van der Waals surface area contributed by atoms with Gasteiger partial charge in [0.2, 0.25) is 0 Å². The Kier molecular flexibility index (Phi) is 4.79. The van der Waals surface area contributed by atoms with E-state index in [1.54, 1.807) is 0 Å². The van der Waals surface area contributed by atoms with Crippen LogP contribution in [0.2, 0.25) is 0 Å². The molecule has 1 saturated heterocycles. The fourth-order valence-electron chi connectivity index (χ4n) is 3.11. The number of aryl methyl sites for hydroxylation is 2. The number of benzene rings is 1. The molecule has 6 nitrogen and oxygen atoms in total. The van der Waals surface area contributed by atoms with Crippen molar-refractivity contribution in [3.05, 3.63) is 52.8 Å². The molecule has 0 spiro atoms. The minimum absolute atomic E-state index is 0.155. The van der Waals surface area contributed by atoms with Crippen LogP contribution >= 0.6 is 0 Å². The van der Waals surface area contributed by atoms with Crippen LogP contribution in [0.3, 0.4) is 0 Å². The first-order valence-electron chi connectivity index (χ1n) is 8.33. The van der Waals surface area contributed by atoms with Gasteiger partial charge in [0.1, 0.15) is 13.2 Å². The molecule has 0 saturated carbocycles. The van der Waals surface area contributed by atoms with Crippen LogP contribution in [-0.2, 0) is 9.47 Å². The summed E-state index contributed by atoms with van der Waals surface area (Å²) in [6, 6.07) is 9.89. The van der Waals surface area contributed by atoms with Gasteiger partial charge >= 0.3 is 12.1 Å². The van der Waals surface area contributed by atoms with E-state index in [1.165, 1.54) is 4.90 Å². The van der Waals surface area contributed by atoms with E-state index in [0.717, 1.165) is 22.6 Å². The first kappa shape index (κ1) is 17.1. The number of carbonyl (C=O) groups excluding carboxylic acids is 2. The van der Waals surface area contributed by atoms with Crippen LogP contribution in [0, 0.1) is 20.8 Å². The van der Waals surface area contributed by atoms with Crippen LogP contribution < -0.4 is 0 Å². The zero-order valence-corrected chi connectivity index (χ0v) is 14.7. The van der Waals surface area contributed by atoms with Crippen molar-refractivity contribution in [1.82, 2.24) is 9.47 Å². The molecule has 132 valence electrons. The van der Waals surface area contributed by atoms with Crippen LogP contribution in [0.25, 0.3) is 5.69 Å². The van der Waals surface area contributed by atoms with E-state index in [4.69, 9.17) is 9.47 Å². The van der Waals surface area contributed by atoms with Crippen molar-refractivity contribution in [1.29, 1.82) is 0 Å². The Morgan fingerprint density at radius 3 is 2.68 bits per heavy atom. The molecule has 1 fully saturated rings. The molecule has 2 aromatic rings. The monoisotopic (exact) mass is 342 g/mol. The molecule has 0 atom stereocenters. The predicted molar refractivity (Wildman–Crippen MR) is 93.2 cm³/mol. The molecule has 0 unspecified atom stereocenters. The van der Waals surface area contributed by atoms with Gasteiger partial charge in [-0.1, -0.05) is 18.2 Å². The van der Waals surface area contributed by atoms with Crippen molar-refractivity contribution >= 4 is 12.1 Å². The van der Waals surface area contributed by atoms with Gasteiger partial charge in [-0.05, 0) is 38.5 Å². The Labute approximate surface area is 146 Å². The number of amides is 1. The fraction of sp³-hybridized carbons (Fsp3) is 0.368. The second-order valence-electron chi connectivity index (χ2n) is 6.14. The summed E-state index contributed by atoms with van der Waals surface area (Å²) in [6.45, 7) is 7.36. The zero-order chi connectivity index (χ0) is 18.0. The number of para-hydroxylation sites is 1. The number of rotatable bonds is 5. The number of cyclic esters (lactones) is 1. The summed E-state index contributed by atoms with van der Waals surface area (Å²) in [7, 11) is 0. The normalized spacial score (nSPS) is 13.9. The lowest BCUT2D eigenvalue weighted by Gasteiger charge is -2.13. The second-order valence-corrected chi connectivity index (χ2v) is 6.14. The molecule has 1 aromatic heterocycles. The van der Waals surface area contributed by atoms with Crippen molar-refractivity contribution < 1.29 is 19.1 Å². The summed E-state index contributed by atoms with van der Waals surface area (Å²) < 4.78 is 12.3. The number of esters is 1. The first-order chi connectivity index (χ1) is 12.0. The molecule has 2 heterocycles. The second kappa shape index (κ2) is 7.01. The van der Waals surface area contributed by atoms with Crippen molar-refractivity contribution in [3.8, 4) is 5.69 Å². The van der Waals surface area contributed by atoms with E-state index in [0.29, 0.717) is 25.3 Å². The van der Waals surface area contributed by atoms with Gasteiger partial charge in [0.25, 0.3) is 0 Å². The van der Waals surface area contributed by atoms with Gasteiger partial charge in [-0.25, -0.2) is 9.59 Å². The minimum Gasteiger partial charge on any atom is -0.460 e. The van der Waals surface area contributed by atoms with E-state index >= 15 is 0 Å². The van der Waals surface area contributed by atoms with E-state index in [1.807, 2.05) is 51.1 Å².